The maximum Gasteiger partial charge on any atom is 0.0701 e. The molecule has 2 atom stereocenters. The molecule has 1 N–H and O–H groups in total. The summed E-state index contributed by atoms with van der Waals surface area (Å²) in [7, 11) is 0. The fourth-order valence-corrected chi connectivity index (χ4v) is 3.04. The van der Waals surface area contributed by atoms with Crippen molar-refractivity contribution in [3.63, 3.8) is 0 Å². The third-order valence-electron chi connectivity index (χ3n) is 2.92. The van der Waals surface area contributed by atoms with Gasteiger partial charge in [-0.25, -0.2) is 0 Å². The number of hydrogen-bond acceptors (Lipinski definition) is 3. The molecule has 0 aromatic carbocycles. The van der Waals surface area contributed by atoms with Crippen LogP contribution in [0.4, 0.5) is 0 Å². The molecular formula is C11H16BrNOS. The average Bonchev–Trinajstić information content (AvgIpc) is 2.84. The van der Waals surface area contributed by atoms with Gasteiger partial charge in [-0.1, -0.05) is 0 Å². The quantitative estimate of drug-likeness (QED) is 0.920. The second kappa shape index (κ2) is 5.43. The Kier molecular flexibility index (Phi) is 4.20. The summed E-state index contributed by atoms with van der Waals surface area (Å²) in [6.07, 6.45) is 1.20. The van der Waals surface area contributed by atoms with Crippen molar-refractivity contribution in [2.45, 2.75) is 25.9 Å². The fraction of sp³-hybridized carbons (Fsp3) is 0.636. The first-order valence-electron chi connectivity index (χ1n) is 5.30. The first-order valence-corrected chi connectivity index (χ1v) is 6.97. The predicted molar refractivity (Wildman–Crippen MR) is 67.2 cm³/mol. The third-order valence-corrected chi connectivity index (χ3v) is 4.48. The first-order chi connectivity index (χ1) is 7.25. The van der Waals surface area contributed by atoms with Gasteiger partial charge in [0.25, 0.3) is 0 Å². The smallest absolute Gasteiger partial charge is 0.0701 e. The molecule has 15 heavy (non-hydrogen) atoms. The molecule has 1 aliphatic heterocycles. The Labute approximate surface area is 103 Å². The van der Waals surface area contributed by atoms with Crippen LogP contribution < -0.4 is 5.32 Å². The van der Waals surface area contributed by atoms with E-state index in [1.807, 2.05) is 0 Å². The lowest BCUT2D eigenvalue weighted by molar-refractivity contribution is 0.178. The standard InChI is InChI=1S/C11H16BrNOS/c1-8(10-2-3-14-6-10)13-5-9-4-11(12)15-7-9/h4,7-8,10,13H,2-3,5-6H2,1H3. The van der Waals surface area contributed by atoms with Crippen LogP contribution in [-0.2, 0) is 11.3 Å². The Bertz CT molecular complexity index is 309. The maximum absolute atomic E-state index is 5.39. The lowest BCUT2D eigenvalue weighted by Gasteiger charge is -2.18. The van der Waals surface area contributed by atoms with Gasteiger partial charge in [-0.3, -0.25) is 0 Å². The molecule has 2 rings (SSSR count). The van der Waals surface area contributed by atoms with Crippen LogP contribution in [0.15, 0.2) is 15.2 Å². The van der Waals surface area contributed by atoms with Crippen molar-refractivity contribution in [3.05, 3.63) is 20.8 Å². The van der Waals surface area contributed by atoms with Gasteiger partial charge in [0.05, 0.1) is 10.4 Å². The normalized spacial score (nSPS) is 23.2. The molecule has 1 aliphatic rings. The van der Waals surface area contributed by atoms with Crippen LogP contribution >= 0.6 is 27.3 Å². The maximum atomic E-state index is 5.39. The van der Waals surface area contributed by atoms with E-state index in [4.69, 9.17) is 4.74 Å². The van der Waals surface area contributed by atoms with Crippen LogP contribution in [0.2, 0.25) is 0 Å². The van der Waals surface area contributed by atoms with Gasteiger partial charge in [0.1, 0.15) is 0 Å². The Morgan fingerprint density at radius 3 is 3.20 bits per heavy atom. The zero-order chi connectivity index (χ0) is 10.7. The van der Waals surface area contributed by atoms with Crippen LogP contribution in [0.25, 0.3) is 0 Å². The van der Waals surface area contributed by atoms with E-state index in [0.29, 0.717) is 12.0 Å². The lowest BCUT2D eigenvalue weighted by Crippen LogP contribution is -2.33. The molecule has 1 fully saturated rings. The van der Waals surface area contributed by atoms with Crippen molar-refractivity contribution in [3.8, 4) is 0 Å². The molecule has 4 heteroatoms. The zero-order valence-corrected chi connectivity index (χ0v) is 11.2. The summed E-state index contributed by atoms with van der Waals surface area (Å²) in [6.45, 7) is 5.06. The van der Waals surface area contributed by atoms with Gasteiger partial charge in [-0.15, -0.1) is 11.3 Å². The monoisotopic (exact) mass is 289 g/mol. The van der Waals surface area contributed by atoms with Crippen LogP contribution in [0.5, 0.6) is 0 Å². The number of thiophene rings is 1. The molecule has 0 amide bonds. The minimum Gasteiger partial charge on any atom is -0.381 e. The van der Waals surface area contributed by atoms with Gasteiger partial charge in [0.2, 0.25) is 0 Å². The molecule has 1 saturated heterocycles. The van der Waals surface area contributed by atoms with Gasteiger partial charge in [0, 0.05) is 19.2 Å². The highest BCUT2D eigenvalue weighted by Crippen LogP contribution is 2.21. The van der Waals surface area contributed by atoms with Crippen LogP contribution in [0.1, 0.15) is 18.9 Å². The molecule has 2 unspecified atom stereocenters. The van der Waals surface area contributed by atoms with E-state index in [2.05, 4.69) is 39.6 Å². The summed E-state index contributed by atoms with van der Waals surface area (Å²) < 4.78 is 6.59. The molecule has 2 nitrogen and oxygen atoms in total. The third kappa shape index (κ3) is 3.28. The highest BCUT2D eigenvalue weighted by atomic mass is 79.9. The van der Waals surface area contributed by atoms with E-state index >= 15 is 0 Å². The molecule has 0 spiro atoms. The average molecular weight is 290 g/mol. The van der Waals surface area contributed by atoms with Crippen molar-refractivity contribution >= 4 is 27.3 Å². The second-order valence-electron chi connectivity index (χ2n) is 4.05. The number of ether oxygens (including phenoxy) is 1. The lowest BCUT2D eigenvalue weighted by atomic mass is 10.0. The second-order valence-corrected chi connectivity index (χ2v) is 6.34. The Morgan fingerprint density at radius 1 is 1.73 bits per heavy atom. The van der Waals surface area contributed by atoms with Crippen molar-refractivity contribution < 1.29 is 4.74 Å². The molecule has 0 saturated carbocycles. The van der Waals surface area contributed by atoms with Crippen molar-refractivity contribution in [2.24, 2.45) is 5.92 Å². The van der Waals surface area contributed by atoms with Gasteiger partial charge in [-0.2, -0.15) is 0 Å². The summed E-state index contributed by atoms with van der Waals surface area (Å²) in [4.78, 5) is 0. The minimum atomic E-state index is 0.547. The molecular weight excluding hydrogens is 274 g/mol. The molecule has 1 aromatic heterocycles. The highest BCUT2D eigenvalue weighted by Gasteiger charge is 2.21. The van der Waals surface area contributed by atoms with Gasteiger partial charge in [0.15, 0.2) is 0 Å². The van der Waals surface area contributed by atoms with Crippen LogP contribution in [0, 0.1) is 5.92 Å². The van der Waals surface area contributed by atoms with Gasteiger partial charge >= 0.3 is 0 Å². The molecule has 0 bridgehead atoms. The number of nitrogens with one attached hydrogen (secondary N) is 1. The summed E-state index contributed by atoms with van der Waals surface area (Å²) in [5, 5.41) is 5.75. The summed E-state index contributed by atoms with van der Waals surface area (Å²) >= 11 is 5.22. The Balaban J connectivity index is 1.77. The van der Waals surface area contributed by atoms with E-state index in [0.717, 1.165) is 19.8 Å². The largest absolute Gasteiger partial charge is 0.381 e. The number of halogens is 1. The van der Waals surface area contributed by atoms with E-state index in [1.165, 1.54) is 15.8 Å². The number of hydrogen-bond donors (Lipinski definition) is 1. The number of rotatable bonds is 4. The molecule has 2 heterocycles. The first kappa shape index (κ1) is 11.6. The summed E-state index contributed by atoms with van der Waals surface area (Å²) in [5.74, 6) is 0.687. The van der Waals surface area contributed by atoms with Crippen LogP contribution in [0.3, 0.4) is 0 Å². The van der Waals surface area contributed by atoms with Gasteiger partial charge < -0.3 is 10.1 Å². The van der Waals surface area contributed by atoms with Crippen molar-refractivity contribution in [1.29, 1.82) is 0 Å². The van der Waals surface area contributed by atoms with Crippen molar-refractivity contribution in [1.82, 2.24) is 5.32 Å². The SMILES string of the molecule is CC(NCc1csc(Br)c1)C1CCOC1. The highest BCUT2D eigenvalue weighted by molar-refractivity contribution is 9.11. The Morgan fingerprint density at radius 2 is 2.60 bits per heavy atom. The molecule has 0 radical (unpaired) electrons. The fourth-order valence-electron chi connectivity index (χ4n) is 1.83. The van der Waals surface area contributed by atoms with Crippen molar-refractivity contribution in [2.75, 3.05) is 13.2 Å². The van der Waals surface area contributed by atoms with E-state index in [1.54, 1.807) is 11.3 Å². The summed E-state index contributed by atoms with van der Waals surface area (Å²) in [5.41, 5.74) is 1.36. The molecule has 84 valence electrons. The van der Waals surface area contributed by atoms with E-state index < -0.39 is 0 Å². The zero-order valence-electron chi connectivity index (χ0n) is 8.83. The summed E-state index contributed by atoms with van der Waals surface area (Å²) in [6, 6.07) is 2.72. The predicted octanol–water partition coefficient (Wildman–Crippen LogP) is 3.03. The van der Waals surface area contributed by atoms with E-state index in [-0.39, 0.29) is 0 Å². The van der Waals surface area contributed by atoms with E-state index in [9.17, 15) is 0 Å². The topological polar surface area (TPSA) is 21.3 Å². The van der Waals surface area contributed by atoms with Crippen LogP contribution in [-0.4, -0.2) is 19.3 Å². The Hall–Kier alpha value is 0.1000. The molecule has 0 aliphatic carbocycles. The van der Waals surface area contributed by atoms with Gasteiger partial charge in [-0.05, 0) is 52.2 Å². The minimum absolute atomic E-state index is 0.547. The molecule has 1 aromatic rings.